The van der Waals surface area contributed by atoms with Crippen LogP contribution in [0.5, 0.6) is 0 Å². The number of carboxylic acids is 1. The molecule has 4 rings (SSSR count). The van der Waals surface area contributed by atoms with Crippen molar-refractivity contribution in [3.63, 3.8) is 0 Å². The van der Waals surface area contributed by atoms with Crippen molar-refractivity contribution in [1.82, 2.24) is 19.7 Å². The minimum Gasteiger partial charge on any atom is -0.475 e. The van der Waals surface area contributed by atoms with Crippen molar-refractivity contribution >= 4 is 22.9 Å². The van der Waals surface area contributed by atoms with Gasteiger partial charge in [-0.25, -0.2) is 18.0 Å². The lowest BCUT2D eigenvalue weighted by molar-refractivity contribution is -0.192. The average molecular weight is 474 g/mol. The molecule has 1 amide bonds. The van der Waals surface area contributed by atoms with E-state index in [-0.39, 0.29) is 12.4 Å². The van der Waals surface area contributed by atoms with E-state index in [9.17, 15) is 31.1 Å². The molecule has 0 spiro atoms. The largest absolute Gasteiger partial charge is 0.490 e. The van der Waals surface area contributed by atoms with Crippen LogP contribution in [0.1, 0.15) is 5.56 Å². The number of halogens is 6. The Kier molecular flexibility index (Phi) is 6.34. The summed E-state index contributed by atoms with van der Waals surface area (Å²) in [5.74, 6) is -6.25. The summed E-state index contributed by atoms with van der Waals surface area (Å²) in [7, 11) is 0. The standard InChI is InChI=1S/C18H15F3N4O.C2HF3O2/c1-11-4-12(2-3-14(11)19)13-5-16-15(22-6-13)7-23-25(16)8-17(26)24-9-18(20,21)10-24;3-2(4,5)1(6)7/h2-7H,8-10H2,1H3;(H,6,7). The van der Waals surface area contributed by atoms with E-state index in [4.69, 9.17) is 9.90 Å². The number of alkyl halides is 5. The van der Waals surface area contributed by atoms with Crippen molar-refractivity contribution in [2.75, 3.05) is 13.1 Å². The number of nitrogens with zero attached hydrogens (tertiary/aromatic N) is 4. The smallest absolute Gasteiger partial charge is 0.475 e. The number of pyridine rings is 1. The first-order chi connectivity index (χ1) is 15.3. The van der Waals surface area contributed by atoms with Crippen molar-refractivity contribution < 1.29 is 41.0 Å². The Hall–Kier alpha value is -3.64. The lowest BCUT2D eigenvalue weighted by Gasteiger charge is -2.38. The van der Waals surface area contributed by atoms with Crippen LogP contribution >= 0.6 is 0 Å². The number of benzene rings is 1. The van der Waals surface area contributed by atoms with Crippen LogP contribution in [-0.4, -0.2) is 61.8 Å². The second kappa shape index (κ2) is 8.71. The highest BCUT2D eigenvalue weighted by Gasteiger charge is 2.46. The Morgan fingerprint density at radius 2 is 1.76 bits per heavy atom. The maximum atomic E-state index is 13.5. The third-order valence-corrected chi connectivity index (χ3v) is 4.71. The molecule has 0 radical (unpaired) electrons. The van der Waals surface area contributed by atoms with E-state index in [1.165, 1.54) is 16.9 Å². The van der Waals surface area contributed by atoms with Gasteiger partial charge in [0.2, 0.25) is 5.91 Å². The van der Waals surface area contributed by atoms with Crippen molar-refractivity contribution in [2.24, 2.45) is 0 Å². The monoisotopic (exact) mass is 474 g/mol. The number of hydrogen-bond donors (Lipinski definition) is 1. The first kappa shape index (κ1) is 24.0. The van der Waals surface area contributed by atoms with Crippen LogP contribution in [0.3, 0.4) is 0 Å². The minimum absolute atomic E-state index is 0.132. The number of aryl methyl sites for hydroxylation is 1. The van der Waals surface area contributed by atoms with Gasteiger partial charge in [0.15, 0.2) is 0 Å². The molecule has 0 atom stereocenters. The van der Waals surface area contributed by atoms with Crippen LogP contribution < -0.4 is 0 Å². The van der Waals surface area contributed by atoms with E-state index in [0.717, 1.165) is 16.0 Å². The van der Waals surface area contributed by atoms with Crippen molar-refractivity contribution in [3.05, 3.63) is 48.0 Å². The maximum absolute atomic E-state index is 13.5. The normalized spacial score (nSPS) is 14.9. The molecule has 0 bridgehead atoms. The molecule has 176 valence electrons. The number of aromatic nitrogens is 3. The molecule has 0 unspecified atom stereocenters. The fourth-order valence-corrected chi connectivity index (χ4v) is 2.98. The van der Waals surface area contributed by atoms with Crippen molar-refractivity contribution in [3.8, 4) is 11.1 Å². The lowest BCUT2D eigenvalue weighted by Crippen LogP contribution is -2.59. The molecule has 7 nitrogen and oxygen atoms in total. The van der Waals surface area contributed by atoms with Gasteiger partial charge in [0.05, 0.1) is 24.8 Å². The average Bonchev–Trinajstić information content (AvgIpc) is 3.10. The Bertz CT molecular complexity index is 1200. The summed E-state index contributed by atoms with van der Waals surface area (Å²) in [4.78, 5) is 26.4. The van der Waals surface area contributed by atoms with E-state index >= 15 is 0 Å². The molecule has 33 heavy (non-hydrogen) atoms. The third kappa shape index (κ3) is 5.59. The molecule has 2 aromatic heterocycles. The minimum atomic E-state index is -5.08. The number of hydrogen-bond acceptors (Lipinski definition) is 4. The van der Waals surface area contributed by atoms with E-state index in [1.807, 2.05) is 0 Å². The zero-order valence-corrected chi connectivity index (χ0v) is 16.9. The molecule has 3 aromatic rings. The van der Waals surface area contributed by atoms with Gasteiger partial charge in [0.25, 0.3) is 5.92 Å². The van der Waals surface area contributed by atoms with Gasteiger partial charge < -0.3 is 10.0 Å². The van der Waals surface area contributed by atoms with Crippen LogP contribution in [0.2, 0.25) is 0 Å². The molecule has 0 aliphatic carbocycles. The molecular weight excluding hydrogens is 458 g/mol. The van der Waals surface area contributed by atoms with E-state index < -0.39 is 37.1 Å². The number of likely N-dealkylation sites (tertiary alicyclic amines) is 1. The second-order valence-corrected chi connectivity index (χ2v) is 7.30. The number of rotatable bonds is 3. The molecule has 1 aliphatic rings. The Balaban J connectivity index is 0.000000383. The van der Waals surface area contributed by atoms with Crippen LogP contribution in [0, 0.1) is 12.7 Å². The predicted octanol–water partition coefficient (Wildman–Crippen LogP) is 3.66. The molecule has 0 saturated carbocycles. The molecule has 1 aromatic carbocycles. The molecular formula is C20H16F6N4O3. The van der Waals surface area contributed by atoms with Crippen LogP contribution in [0.25, 0.3) is 22.2 Å². The van der Waals surface area contributed by atoms with Crippen LogP contribution in [0.15, 0.2) is 36.7 Å². The van der Waals surface area contributed by atoms with Gasteiger partial charge in [-0.1, -0.05) is 6.07 Å². The molecule has 1 aliphatic heterocycles. The van der Waals surface area contributed by atoms with E-state index in [1.54, 1.807) is 31.3 Å². The zero-order valence-electron chi connectivity index (χ0n) is 16.9. The van der Waals surface area contributed by atoms with Crippen LogP contribution in [-0.2, 0) is 16.1 Å². The number of fused-ring (bicyclic) bond motifs is 1. The van der Waals surface area contributed by atoms with Gasteiger partial charge in [0.1, 0.15) is 17.9 Å². The Morgan fingerprint density at radius 3 is 2.30 bits per heavy atom. The van der Waals surface area contributed by atoms with E-state index in [2.05, 4.69) is 10.1 Å². The highest BCUT2D eigenvalue weighted by Crippen LogP contribution is 2.28. The first-order valence-corrected chi connectivity index (χ1v) is 9.31. The summed E-state index contributed by atoms with van der Waals surface area (Å²) >= 11 is 0. The molecule has 13 heteroatoms. The number of carboxylic acid groups (broad SMARTS) is 1. The number of amides is 1. The molecule has 1 saturated heterocycles. The van der Waals surface area contributed by atoms with Gasteiger partial charge in [-0.3, -0.25) is 14.5 Å². The van der Waals surface area contributed by atoms with Crippen LogP contribution in [0.4, 0.5) is 26.3 Å². The second-order valence-electron chi connectivity index (χ2n) is 7.30. The Morgan fingerprint density at radius 1 is 1.12 bits per heavy atom. The highest BCUT2D eigenvalue weighted by molar-refractivity contribution is 5.83. The van der Waals surface area contributed by atoms with Crippen molar-refractivity contribution in [1.29, 1.82) is 0 Å². The van der Waals surface area contributed by atoms with Crippen molar-refractivity contribution in [2.45, 2.75) is 25.6 Å². The van der Waals surface area contributed by atoms with Gasteiger partial charge in [-0.2, -0.15) is 18.3 Å². The molecule has 1 fully saturated rings. The molecule has 3 heterocycles. The summed E-state index contributed by atoms with van der Waals surface area (Å²) in [6.07, 6.45) is -1.91. The fourth-order valence-electron chi connectivity index (χ4n) is 2.98. The highest BCUT2D eigenvalue weighted by atomic mass is 19.4. The van der Waals surface area contributed by atoms with E-state index in [0.29, 0.717) is 16.6 Å². The SMILES string of the molecule is Cc1cc(-c2cnc3cnn(CC(=O)N4CC(F)(F)C4)c3c2)ccc1F.O=C(O)C(F)(F)F. The maximum Gasteiger partial charge on any atom is 0.490 e. The number of carbonyl (C=O) groups excluding carboxylic acids is 1. The summed E-state index contributed by atoms with van der Waals surface area (Å²) in [5.41, 5.74) is 3.27. The summed E-state index contributed by atoms with van der Waals surface area (Å²) in [6, 6.07) is 6.56. The lowest BCUT2D eigenvalue weighted by atomic mass is 10.0. The van der Waals surface area contributed by atoms with Gasteiger partial charge in [-0.05, 0) is 36.2 Å². The fraction of sp³-hybridized carbons (Fsp3) is 0.300. The summed E-state index contributed by atoms with van der Waals surface area (Å²) in [6.45, 7) is 0.441. The third-order valence-electron chi connectivity index (χ3n) is 4.71. The first-order valence-electron chi connectivity index (χ1n) is 9.31. The zero-order chi connectivity index (χ0) is 24.6. The van der Waals surface area contributed by atoms with Gasteiger partial charge in [0, 0.05) is 11.8 Å². The summed E-state index contributed by atoms with van der Waals surface area (Å²) < 4.78 is 72.5. The number of aliphatic carboxylic acids is 1. The topological polar surface area (TPSA) is 88.3 Å². The summed E-state index contributed by atoms with van der Waals surface area (Å²) in [5, 5.41) is 11.3. The Labute approximate surface area is 182 Å². The molecule has 1 N–H and O–H groups in total. The van der Waals surface area contributed by atoms with Gasteiger partial charge >= 0.3 is 12.1 Å². The number of carbonyl (C=O) groups is 2. The predicted molar refractivity (Wildman–Crippen MR) is 103 cm³/mol. The van der Waals surface area contributed by atoms with Gasteiger partial charge in [-0.15, -0.1) is 0 Å². The quantitative estimate of drug-likeness (QED) is 0.586.